The molecule has 1 fully saturated rings. The maximum atomic E-state index is 13.5. The van der Waals surface area contributed by atoms with Gasteiger partial charge in [-0.05, 0) is 99.0 Å². The summed E-state index contributed by atoms with van der Waals surface area (Å²) in [5.74, 6) is -2.01. The van der Waals surface area contributed by atoms with Crippen LogP contribution in [0.15, 0.2) is 106 Å². The van der Waals surface area contributed by atoms with Crippen LogP contribution in [-0.2, 0) is 25.7 Å². The Morgan fingerprint density at radius 1 is 0.864 bits per heavy atom. The normalized spacial score (nSPS) is 16.6. The third-order valence-corrected chi connectivity index (χ3v) is 12.8. The predicted molar refractivity (Wildman–Crippen MR) is 244 cm³/mol. The van der Waals surface area contributed by atoms with Crippen LogP contribution in [0.4, 0.5) is 17.1 Å². The first-order valence-corrected chi connectivity index (χ1v) is 22.0. The molecular formula is C47H39ClN10O7S. The van der Waals surface area contributed by atoms with Crippen molar-refractivity contribution < 1.29 is 33.5 Å². The second-order valence-corrected chi connectivity index (χ2v) is 17.4. The van der Waals surface area contributed by atoms with Crippen molar-refractivity contribution in [1.82, 2.24) is 30.3 Å². The molecule has 332 valence electrons. The van der Waals surface area contributed by atoms with Gasteiger partial charge in [-0.25, -0.2) is 0 Å². The molecule has 4 aromatic carbocycles. The van der Waals surface area contributed by atoms with Crippen molar-refractivity contribution in [3.8, 4) is 10.8 Å². The minimum absolute atomic E-state index is 0.00655. The van der Waals surface area contributed by atoms with Gasteiger partial charge in [0.1, 0.15) is 28.7 Å². The number of ether oxygens (including phenoxy) is 1. The number of benzene rings is 4. The minimum atomic E-state index is -1.13. The molecule has 6 amide bonds. The predicted octanol–water partition coefficient (Wildman–Crippen LogP) is 7.34. The monoisotopic (exact) mass is 922 g/mol. The van der Waals surface area contributed by atoms with Gasteiger partial charge in [0.2, 0.25) is 17.7 Å². The number of carbonyl (C=O) groups is 6. The Hall–Kier alpha value is -7.70. The van der Waals surface area contributed by atoms with E-state index in [2.05, 4.69) is 50.2 Å². The lowest BCUT2D eigenvalue weighted by Crippen LogP contribution is -2.54. The summed E-state index contributed by atoms with van der Waals surface area (Å²) in [7, 11) is 0. The lowest BCUT2D eigenvalue weighted by molar-refractivity contribution is -0.136. The molecule has 2 aromatic heterocycles. The van der Waals surface area contributed by atoms with Crippen molar-refractivity contribution in [3.05, 3.63) is 146 Å². The molecule has 1 saturated heterocycles. The van der Waals surface area contributed by atoms with Crippen molar-refractivity contribution in [1.29, 1.82) is 0 Å². The van der Waals surface area contributed by atoms with Gasteiger partial charge in [-0.1, -0.05) is 41.9 Å². The topological polar surface area (TPSA) is 219 Å². The summed E-state index contributed by atoms with van der Waals surface area (Å²) in [5, 5.41) is 27.0. The zero-order valence-electron chi connectivity index (χ0n) is 35.6. The molecule has 9 rings (SSSR count). The van der Waals surface area contributed by atoms with Crippen molar-refractivity contribution >= 4 is 81.2 Å². The number of aliphatic imine (C=N–C) groups is 1. The first-order valence-electron chi connectivity index (χ1n) is 20.8. The maximum Gasteiger partial charge on any atom is 0.266 e. The fourth-order valence-electron chi connectivity index (χ4n) is 7.93. The molecule has 0 aliphatic carbocycles. The van der Waals surface area contributed by atoms with Crippen LogP contribution >= 0.6 is 22.9 Å². The largest absolute Gasteiger partial charge is 0.483 e. The Kier molecular flexibility index (Phi) is 11.9. The van der Waals surface area contributed by atoms with Gasteiger partial charge in [-0.15, -0.1) is 21.5 Å². The molecule has 66 heavy (non-hydrogen) atoms. The number of amides is 6. The number of piperidine rings is 1. The Morgan fingerprint density at radius 2 is 1.58 bits per heavy atom. The van der Waals surface area contributed by atoms with Crippen LogP contribution in [0, 0.1) is 20.8 Å². The number of halogens is 1. The summed E-state index contributed by atoms with van der Waals surface area (Å²) in [6.07, 6.45) is 0.0653. The summed E-state index contributed by atoms with van der Waals surface area (Å²) < 4.78 is 7.69. The maximum absolute atomic E-state index is 13.5. The second-order valence-electron chi connectivity index (χ2n) is 15.8. The molecule has 0 spiro atoms. The van der Waals surface area contributed by atoms with E-state index < -0.39 is 48.2 Å². The Morgan fingerprint density at radius 3 is 2.29 bits per heavy atom. The number of nitrogens with one attached hydrogen (secondary N) is 3. The molecular weight excluding hydrogens is 884 g/mol. The zero-order chi connectivity index (χ0) is 46.2. The number of carbonyl (C=O) groups excluding carboxylic acids is 6. The number of thiophene rings is 1. The number of anilines is 1. The third-order valence-electron chi connectivity index (χ3n) is 11.4. The molecule has 6 aromatic rings. The highest BCUT2D eigenvalue weighted by atomic mass is 35.5. The van der Waals surface area contributed by atoms with Crippen molar-refractivity contribution in [2.45, 2.75) is 58.7 Å². The molecule has 0 bridgehead atoms. The van der Waals surface area contributed by atoms with Crippen LogP contribution in [0.1, 0.15) is 84.8 Å². The lowest BCUT2D eigenvalue weighted by atomic mass is 9.99. The first-order chi connectivity index (χ1) is 31.8. The Bertz CT molecular complexity index is 3030. The van der Waals surface area contributed by atoms with Crippen LogP contribution in [-0.4, -0.2) is 73.5 Å². The molecule has 0 radical (unpaired) electrons. The van der Waals surface area contributed by atoms with Gasteiger partial charge in [0.15, 0.2) is 12.4 Å². The van der Waals surface area contributed by atoms with Crippen molar-refractivity contribution in [2.75, 3.05) is 11.9 Å². The number of hydrogen-bond acceptors (Lipinski definition) is 13. The van der Waals surface area contributed by atoms with E-state index in [-0.39, 0.29) is 48.6 Å². The Labute approximate surface area is 386 Å². The fraction of sp³-hybridized carbons (Fsp3) is 0.213. The van der Waals surface area contributed by atoms with E-state index in [9.17, 15) is 28.8 Å². The lowest BCUT2D eigenvalue weighted by Gasteiger charge is -2.27. The van der Waals surface area contributed by atoms with Crippen LogP contribution < -0.4 is 20.7 Å². The van der Waals surface area contributed by atoms with Gasteiger partial charge in [0, 0.05) is 39.7 Å². The van der Waals surface area contributed by atoms with Gasteiger partial charge >= 0.3 is 0 Å². The van der Waals surface area contributed by atoms with Gasteiger partial charge in [-0.2, -0.15) is 10.2 Å². The Balaban J connectivity index is 0.780. The third kappa shape index (κ3) is 8.62. The van der Waals surface area contributed by atoms with E-state index in [0.29, 0.717) is 33.7 Å². The van der Waals surface area contributed by atoms with E-state index in [0.717, 1.165) is 42.7 Å². The van der Waals surface area contributed by atoms with Gasteiger partial charge in [0.05, 0.1) is 34.6 Å². The SMILES string of the molecule is Cc1sc2c(c1C)C(c1ccc(Cl)cc1)=N[C@@H](CC(=O)NCc1ccc(N=Nc3ccc(NC(=O)COc4cccc5c4C(=O)N(C4CCC(=O)NC4=O)C5=O)cc3)cc1)c1nnc(C)n1-2. The summed E-state index contributed by atoms with van der Waals surface area (Å²) in [4.78, 5) is 84.0. The number of nitrogens with zero attached hydrogens (tertiary/aromatic N) is 7. The number of aromatic nitrogens is 3. The van der Waals surface area contributed by atoms with Gasteiger partial charge in [-0.3, -0.25) is 48.5 Å². The summed E-state index contributed by atoms with van der Waals surface area (Å²) >= 11 is 7.89. The highest BCUT2D eigenvalue weighted by Gasteiger charge is 2.46. The van der Waals surface area contributed by atoms with Crippen molar-refractivity contribution in [2.24, 2.45) is 15.2 Å². The molecule has 3 aliphatic rings. The van der Waals surface area contributed by atoms with Crippen LogP contribution in [0.25, 0.3) is 5.00 Å². The van der Waals surface area contributed by atoms with Crippen molar-refractivity contribution in [3.63, 3.8) is 0 Å². The summed E-state index contributed by atoms with van der Waals surface area (Å²) in [6.45, 7) is 5.86. The highest BCUT2D eigenvalue weighted by Crippen LogP contribution is 2.40. The van der Waals surface area contributed by atoms with Crippen LogP contribution in [0.3, 0.4) is 0 Å². The first kappa shape index (κ1) is 43.5. The number of azo groups is 1. The van der Waals surface area contributed by atoms with E-state index in [4.69, 9.17) is 21.3 Å². The molecule has 1 unspecified atom stereocenters. The molecule has 3 aliphatic heterocycles. The van der Waals surface area contributed by atoms with Gasteiger partial charge in [0.25, 0.3) is 17.7 Å². The fourth-order valence-corrected chi connectivity index (χ4v) is 9.27. The smallest absolute Gasteiger partial charge is 0.266 e. The van der Waals surface area contributed by atoms with E-state index >= 15 is 0 Å². The van der Waals surface area contributed by atoms with Crippen LogP contribution in [0.5, 0.6) is 5.75 Å². The number of rotatable bonds is 12. The molecule has 19 heteroatoms. The van der Waals surface area contributed by atoms with E-state index in [1.54, 1.807) is 47.7 Å². The highest BCUT2D eigenvalue weighted by molar-refractivity contribution is 7.15. The molecule has 17 nitrogen and oxygen atoms in total. The number of aryl methyl sites for hydroxylation is 2. The quantitative estimate of drug-likeness (QED) is 0.0825. The van der Waals surface area contributed by atoms with Gasteiger partial charge < -0.3 is 15.4 Å². The summed E-state index contributed by atoms with van der Waals surface area (Å²) in [5.41, 5.74) is 6.18. The average Bonchev–Trinajstić information content (AvgIpc) is 3.89. The van der Waals surface area contributed by atoms with Crippen LogP contribution in [0.2, 0.25) is 5.02 Å². The zero-order valence-corrected chi connectivity index (χ0v) is 37.2. The molecule has 0 saturated carbocycles. The number of imide groups is 2. The molecule has 3 N–H and O–H groups in total. The average molecular weight is 923 g/mol. The summed E-state index contributed by atoms with van der Waals surface area (Å²) in [6, 6.07) is 24.2. The number of hydrogen-bond donors (Lipinski definition) is 3. The van der Waals surface area contributed by atoms with E-state index in [1.165, 1.54) is 18.2 Å². The standard InChI is InChI=1S/C47H39ClN10O7S/c1-24-25(2)66-47-40(24)42(28-9-11-29(48)12-10-28)51-34(43-56-53-26(3)57(43)47)21-38(60)49-22-27-7-13-31(14-8-27)54-55-32-17-15-30(16-18-32)50-39(61)23-65-36-6-4-5-33-41(36)46(64)58(45(33)63)35-19-20-37(59)52-44(35)62/h4-18,34-35H,19-23H2,1-3H3,(H,49,60)(H,50,61)(H,52,59,62)/t34-,35?/m0/s1. The molecule has 2 atom stereocenters. The molecule has 5 heterocycles. The number of fused-ring (bicyclic) bond motifs is 4. The van der Waals surface area contributed by atoms with E-state index in [1.807, 2.05) is 47.9 Å². The minimum Gasteiger partial charge on any atom is -0.483 e. The second kappa shape index (κ2) is 18.1.